The maximum Gasteiger partial charge on any atom is 0.308 e. The van der Waals surface area contributed by atoms with Gasteiger partial charge in [0.05, 0.1) is 5.92 Å². The van der Waals surface area contributed by atoms with E-state index in [-0.39, 0.29) is 12.0 Å². The fourth-order valence-electron chi connectivity index (χ4n) is 3.99. The molecular weight excluding hydrogens is 262 g/mol. The van der Waals surface area contributed by atoms with Crippen molar-refractivity contribution in [3.63, 3.8) is 0 Å². The Kier molecular flexibility index (Phi) is 7.72. The molecule has 1 aliphatic rings. The van der Waals surface area contributed by atoms with Crippen LogP contribution < -0.4 is 0 Å². The van der Waals surface area contributed by atoms with E-state index in [4.69, 9.17) is 0 Å². The van der Waals surface area contributed by atoms with E-state index in [0.717, 1.165) is 38.6 Å². The molecule has 0 bridgehead atoms. The van der Waals surface area contributed by atoms with E-state index in [2.05, 4.69) is 39.5 Å². The molecule has 1 rings (SSSR count). The van der Waals surface area contributed by atoms with Crippen molar-refractivity contribution in [2.45, 2.75) is 85.2 Å². The lowest BCUT2D eigenvalue weighted by Gasteiger charge is -2.45. The molecule has 0 amide bonds. The lowest BCUT2D eigenvalue weighted by Crippen LogP contribution is -2.52. The average molecular weight is 297 g/mol. The molecule has 1 aliphatic carbocycles. The van der Waals surface area contributed by atoms with Crippen molar-refractivity contribution in [3.05, 3.63) is 0 Å². The molecule has 124 valence electrons. The predicted molar refractivity (Wildman–Crippen MR) is 88.5 cm³/mol. The number of carboxylic acid groups (broad SMARTS) is 1. The predicted octanol–water partition coefficient (Wildman–Crippen LogP) is 4.41. The highest BCUT2D eigenvalue weighted by Gasteiger charge is 2.39. The highest BCUT2D eigenvalue weighted by Crippen LogP contribution is 2.36. The summed E-state index contributed by atoms with van der Waals surface area (Å²) in [5.74, 6) is 0.526. The summed E-state index contributed by atoms with van der Waals surface area (Å²) in [6.07, 6.45) is 6.42. The number of aliphatic carboxylic acids is 1. The summed E-state index contributed by atoms with van der Waals surface area (Å²) >= 11 is 0. The van der Waals surface area contributed by atoms with Crippen LogP contribution in [0.25, 0.3) is 0 Å². The first-order chi connectivity index (χ1) is 9.94. The van der Waals surface area contributed by atoms with Crippen LogP contribution in [0.1, 0.15) is 73.1 Å². The minimum Gasteiger partial charge on any atom is -0.481 e. The summed E-state index contributed by atoms with van der Waals surface area (Å²) < 4.78 is 0. The van der Waals surface area contributed by atoms with Gasteiger partial charge in [0.15, 0.2) is 0 Å². The van der Waals surface area contributed by atoms with Gasteiger partial charge in [0.1, 0.15) is 0 Å². The molecular formula is C18H35NO2. The molecule has 3 heteroatoms. The number of hydrogen-bond donors (Lipinski definition) is 1. The van der Waals surface area contributed by atoms with Crippen LogP contribution in [0.5, 0.6) is 0 Å². The first-order valence-electron chi connectivity index (χ1n) is 8.92. The van der Waals surface area contributed by atoms with E-state index in [1.165, 1.54) is 6.42 Å². The van der Waals surface area contributed by atoms with Crippen molar-refractivity contribution in [1.29, 1.82) is 0 Å². The summed E-state index contributed by atoms with van der Waals surface area (Å²) in [5.41, 5.74) is 0. The maximum absolute atomic E-state index is 11.7. The monoisotopic (exact) mass is 297 g/mol. The van der Waals surface area contributed by atoms with Crippen LogP contribution in [0.4, 0.5) is 0 Å². The molecule has 3 unspecified atom stereocenters. The smallest absolute Gasteiger partial charge is 0.308 e. The minimum atomic E-state index is -0.589. The van der Waals surface area contributed by atoms with E-state index < -0.39 is 5.97 Å². The third kappa shape index (κ3) is 4.98. The third-order valence-electron chi connectivity index (χ3n) is 5.23. The molecule has 1 fully saturated rings. The van der Waals surface area contributed by atoms with Crippen molar-refractivity contribution in [1.82, 2.24) is 4.90 Å². The van der Waals surface area contributed by atoms with Gasteiger partial charge in [0, 0.05) is 18.6 Å². The van der Waals surface area contributed by atoms with Crippen LogP contribution in [-0.4, -0.2) is 34.6 Å². The number of rotatable bonds is 8. The molecule has 0 saturated heterocycles. The van der Waals surface area contributed by atoms with Crippen LogP contribution in [0.3, 0.4) is 0 Å². The SMILES string of the molecule is CCC1CCC(C(=O)O)C(N(CC(C)C)C(CC)CC)C1. The van der Waals surface area contributed by atoms with Crippen LogP contribution >= 0.6 is 0 Å². The van der Waals surface area contributed by atoms with Gasteiger partial charge in [-0.2, -0.15) is 0 Å². The van der Waals surface area contributed by atoms with Crippen molar-refractivity contribution >= 4 is 5.97 Å². The summed E-state index contributed by atoms with van der Waals surface area (Å²) in [5, 5.41) is 9.65. The van der Waals surface area contributed by atoms with Gasteiger partial charge in [-0.3, -0.25) is 9.69 Å². The molecule has 0 aromatic rings. The Bertz CT molecular complexity index is 312. The maximum atomic E-state index is 11.7. The fourth-order valence-corrected chi connectivity index (χ4v) is 3.99. The van der Waals surface area contributed by atoms with Gasteiger partial charge in [-0.25, -0.2) is 0 Å². The largest absolute Gasteiger partial charge is 0.481 e. The Hall–Kier alpha value is -0.570. The molecule has 21 heavy (non-hydrogen) atoms. The summed E-state index contributed by atoms with van der Waals surface area (Å²) in [6.45, 7) is 12.2. The molecule has 0 heterocycles. The first kappa shape index (κ1) is 18.5. The third-order valence-corrected chi connectivity index (χ3v) is 5.23. The molecule has 0 aromatic carbocycles. The van der Waals surface area contributed by atoms with Gasteiger partial charge >= 0.3 is 5.97 Å². The second kappa shape index (κ2) is 8.77. The quantitative estimate of drug-likeness (QED) is 0.721. The summed E-state index contributed by atoms with van der Waals surface area (Å²) in [4.78, 5) is 14.3. The second-order valence-corrected chi connectivity index (χ2v) is 7.16. The van der Waals surface area contributed by atoms with Crippen molar-refractivity contribution in [3.8, 4) is 0 Å². The van der Waals surface area contributed by atoms with Crippen molar-refractivity contribution in [2.75, 3.05) is 6.54 Å². The summed E-state index contributed by atoms with van der Waals surface area (Å²) in [6, 6.07) is 0.753. The number of nitrogens with zero attached hydrogens (tertiary/aromatic N) is 1. The van der Waals surface area contributed by atoms with Crippen LogP contribution in [0, 0.1) is 17.8 Å². The normalized spacial score (nSPS) is 26.8. The fraction of sp³-hybridized carbons (Fsp3) is 0.944. The van der Waals surface area contributed by atoms with Crippen LogP contribution in [0.15, 0.2) is 0 Å². The zero-order chi connectivity index (χ0) is 16.0. The van der Waals surface area contributed by atoms with Gasteiger partial charge in [-0.1, -0.05) is 41.0 Å². The van der Waals surface area contributed by atoms with E-state index in [0.29, 0.717) is 17.9 Å². The molecule has 3 nitrogen and oxygen atoms in total. The van der Waals surface area contributed by atoms with Crippen molar-refractivity contribution < 1.29 is 9.90 Å². The van der Waals surface area contributed by atoms with Gasteiger partial charge in [-0.15, -0.1) is 0 Å². The van der Waals surface area contributed by atoms with E-state index in [1.54, 1.807) is 0 Å². The van der Waals surface area contributed by atoms with Gasteiger partial charge in [0.25, 0.3) is 0 Å². The Morgan fingerprint density at radius 2 is 1.81 bits per heavy atom. The second-order valence-electron chi connectivity index (χ2n) is 7.16. The first-order valence-corrected chi connectivity index (χ1v) is 8.92. The Balaban J connectivity index is 2.99. The number of hydrogen-bond acceptors (Lipinski definition) is 2. The molecule has 0 aliphatic heterocycles. The zero-order valence-corrected chi connectivity index (χ0v) is 14.6. The van der Waals surface area contributed by atoms with Crippen molar-refractivity contribution in [2.24, 2.45) is 17.8 Å². The Morgan fingerprint density at radius 3 is 2.24 bits per heavy atom. The van der Waals surface area contributed by atoms with Gasteiger partial charge in [0.2, 0.25) is 0 Å². The summed E-state index contributed by atoms with van der Waals surface area (Å²) in [7, 11) is 0. The zero-order valence-electron chi connectivity index (χ0n) is 14.6. The minimum absolute atomic E-state index is 0.174. The lowest BCUT2D eigenvalue weighted by molar-refractivity contribution is -0.147. The van der Waals surface area contributed by atoms with E-state index >= 15 is 0 Å². The molecule has 3 atom stereocenters. The van der Waals surface area contributed by atoms with Gasteiger partial charge < -0.3 is 5.11 Å². The highest BCUT2D eigenvalue weighted by molar-refractivity contribution is 5.71. The van der Waals surface area contributed by atoms with E-state index in [1.807, 2.05) is 0 Å². The standard InChI is InChI=1S/C18H35NO2/c1-6-14-9-10-16(18(20)21)17(11-14)19(12-13(4)5)15(7-2)8-3/h13-17H,6-12H2,1-5H3,(H,20,21). The average Bonchev–Trinajstić information content (AvgIpc) is 2.46. The Morgan fingerprint density at radius 1 is 1.19 bits per heavy atom. The highest BCUT2D eigenvalue weighted by atomic mass is 16.4. The molecule has 0 aromatic heterocycles. The molecule has 1 N–H and O–H groups in total. The number of carboxylic acids is 1. The van der Waals surface area contributed by atoms with Crippen LogP contribution in [0.2, 0.25) is 0 Å². The molecule has 0 radical (unpaired) electrons. The van der Waals surface area contributed by atoms with E-state index in [9.17, 15) is 9.90 Å². The van der Waals surface area contributed by atoms with Gasteiger partial charge in [-0.05, 0) is 43.9 Å². The molecule has 0 spiro atoms. The van der Waals surface area contributed by atoms with Crippen LogP contribution in [-0.2, 0) is 4.79 Å². The Labute approximate surface area is 131 Å². The lowest BCUT2D eigenvalue weighted by atomic mass is 9.75. The number of carbonyl (C=O) groups is 1. The topological polar surface area (TPSA) is 40.5 Å². The molecule has 1 saturated carbocycles.